The number of esters is 1. The lowest BCUT2D eigenvalue weighted by Crippen LogP contribution is -2.45. The summed E-state index contributed by atoms with van der Waals surface area (Å²) >= 11 is 0. The highest BCUT2D eigenvalue weighted by Crippen LogP contribution is 2.17. The highest BCUT2D eigenvalue weighted by Gasteiger charge is 2.19. The Morgan fingerprint density at radius 3 is 1.20 bits per heavy atom. The van der Waals surface area contributed by atoms with Gasteiger partial charge in [-0.25, -0.2) is 0 Å². The number of ether oxygens (including phenoxy) is 1. The number of unbranched alkanes of at least 4 members (excludes halogenated alkanes) is 39. The molecule has 0 aliphatic rings. The molecule has 1 amide bonds. The highest BCUT2D eigenvalue weighted by atomic mass is 16.5. The van der Waals surface area contributed by atoms with Gasteiger partial charge in [-0.2, -0.15) is 0 Å². The van der Waals surface area contributed by atoms with Crippen LogP contribution >= 0.6 is 0 Å². The lowest BCUT2D eigenvalue weighted by molar-refractivity contribution is -0.143. The van der Waals surface area contributed by atoms with Gasteiger partial charge in [-0.15, -0.1) is 0 Å². The largest absolute Gasteiger partial charge is 0.466 e. The molecule has 0 saturated carbocycles. The summed E-state index contributed by atoms with van der Waals surface area (Å²) < 4.78 is 5.45. The molecule has 6 heteroatoms. The number of aliphatic hydroxyl groups is 2. The normalized spacial score (nSPS) is 12.7. The zero-order valence-electron chi connectivity index (χ0n) is 43.7. The molecule has 0 aromatic carbocycles. The predicted molar refractivity (Wildman–Crippen MR) is 283 cm³/mol. The first-order chi connectivity index (χ1) is 32.0. The maximum Gasteiger partial charge on any atom is 0.305 e. The van der Waals surface area contributed by atoms with Crippen LogP contribution in [0.1, 0.15) is 316 Å². The van der Waals surface area contributed by atoms with E-state index in [4.69, 9.17) is 4.74 Å². The molecule has 65 heavy (non-hydrogen) atoms. The quantitative estimate of drug-likeness (QED) is 0.0321. The molecule has 0 rings (SSSR count). The van der Waals surface area contributed by atoms with Crippen molar-refractivity contribution in [3.8, 4) is 0 Å². The van der Waals surface area contributed by atoms with Gasteiger partial charge in [0, 0.05) is 12.8 Å². The Balaban J connectivity index is 3.53. The van der Waals surface area contributed by atoms with E-state index in [1.54, 1.807) is 0 Å². The van der Waals surface area contributed by atoms with Gasteiger partial charge in [0.15, 0.2) is 0 Å². The van der Waals surface area contributed by atoms with Crippen molar-refractivity contribution in [2.75, 3.05) is 13.2 Å². The van der Waals surface area contributed by atoms with Gasteiger partial charge in [0.25, 0.3) is 0 Å². The van der Waals surface area contributed by atoms with Gasteiger partial charge in [0.05, 0.1) is 25.4 Å². The smallest absolute Gasteiger partial charge is 0.305 e. The van der Waals surface area contributed by atoms with Crippen LogP contribution in [0.25, 0.3) is 0 Å². The Bertz CT molecular complexity index is 1010. The molecule has 0 aromatic heterocycles. The summed E-state index contributed by atoms with van der Waals surface area (Å²) in [5.74, 6) is -0.128. The molecule has 0 spiro atoms. The molecule has 2 atom stereocenters. The zero-order valence-corrected chi connectivity index (χ0v) is 43.7. The number of carbonyl (C=O) groups excluding carboxylic acids is 2. The summed E-state index contributed by atoms with van der Waals surface area (Å²) in [7, 11) is 0. The number of carbonyl (C=O) groups is 2. The van der Waals surface area contributed by atoms with Gasteiger partial charge >= 0.3 is 5.97 Å². The van der Waals surface area contributed by atoms with Gasteiger partial charge in [0.1, 0.15) is 0 Å². The first kappa shape index (κ1) is 63.3. The molecule has 0 aromatic rings. The monoisotopic (exact) mass is 916 g/mol. The van der Waals surface area contributed by atoms with E-state index in [0.717, 1.165) is 51.4 Å². The molecule has 0 fully saturated rings. The first-order valence-electron chi connectivity index (χ1n) is 29.1. The van der Waals surface area contributed by atoms with E-state index in [2.05, 4.69) is 37.4 Å². The molecular formula is C59H113NO5. The fourth-order valence-corrected chi connectivity index (χ4v) is 9.04. The third kappa shape index (κ3) is 51.6. The van der Waals surface area contributed by atoms with Gasteiger partial charge < -0.3 is 20.3 Å². The Kier molecular flexibility index (Phi) is 53.5. The summed E-state index contributed by atoms with van der Waals surface area (Å²) in [4.78, 5) is 24.5. The highest BCUT2D eigenvalue weighted by molar-refractivity contribution is 5.76. The third-order valence-corrected chi connectivity index (χ3v) is 13.5. The van der Waals surface area contributed by atoms with E-state index >= 15 is 0 Å². The van der Waals surface area contributed by atoms with Crippen molar-refractivity contribution in [3.63, 3.8) is 0 Å². The molecule has 6 nitrogen and oxygen atoms in total. The van der Waals surface area contributed by atoms with Crippen LogP contribution < -0.4 is 5.32 Å². The number of allylic oxidation sites excluding steroid dienone is 4. The second kappa shape index (κ2) is 54.9. The zero-order chi connectivity index (χ0) is 47.2. The minimum absolute atomic E-state index is 0.0156. The van der Waals surface area contributed by atoms with Crippen LogP contribution in [-0.2, 0) is 14.3 Å². The fourth-order valence-electron chi connectivity index (χ4n) is 9.04. The minimum Gasteiger partial charge on any atom is -0.466 e. The number of amides is 1. The van der Waals surface area contributed by atoms with Crippen molar-refractivity contribution >= 4 is 11.9 Å². The molecule has 2 unspecified atom stereocenters. The standard InChI is InChI=1S/C59H113NO5/c1-3-5-7-9-11-13-15-17-18-19-20-21-22-23-24-25-26-28-31-35-39-43-47-51-57(62)56(55-61)60-58(63)52-48-44-40-36-32-29-27-30-34-38-42-46-50-54-65-59(64)53-49-45-41-37-33-16-14-12-10-8-6-4-2/h29,32,40,44,56-57,61-62H,3-28,30-31,33-39,41-43,45-55H2,1-2H3,(H,60,63)/b32-29-,44-40-. The summed E-state index contributed by atoms with van der Waals surface area (Å²) in [5, 5.41) is 23.3. The lowest BCUT2D eigenvalue weighted by Gasteiger charge is -2.22. The molecule has 0 heterocycles. The van der Waals surface area contributed by atoms with E-state index < -0.39 is 12.1 Å². The van der Waals surface area contributed by atoms with E-state index in [1.165, 1.54) is 225 Å². The summed E-state index contributed by atoms with van der Waals surface area (Å²) in [6.45, 7) is 4.91. The summed E-state index contributed by atoms with van der Waals surface area (Å²) in [6.07, 6.45) is 66.1. The van der Waals surface area contributed by atoms with Gasteiger partial charge in [-0.1, -0.05) is 282 Å². The van der Waals surface area contributed by atoms with Crippen molar-refractivity contribution in [1.29, 1.82) is 0 Å². The average molecular weight is 917 g/mol. The van der Waals surface area contributed by atoms with Crippen LogP contribution in [0, 0.1) is 0 Å². The minimum atomic E-state index is -0.699. The Labute approximate surface area is 405 Å². The number of hydrogen-bond acceptors (Lipinski definition) is 5. The molecule has 0 saturated heterocycles. The second-order valence-electron chi connectivity index (χ2n) is 20.0. The third-order valence-electron chi connectivity index (χ3n) is 13.5. The Hall–Kier alpha value is -1.66. The predicted octanol–water partition coefficient (Wildman–Crippen LogP) is 17.9. The van der Waals surface area contributed by atoms with Crippen molar-refractivity contribution < 1.29 is 24.5 Å². The molecule has 0 aliphatic heterocycles. The molecule has 0 aliphatic carbocycles. The van der Waals surface area contributed by atoms with Crippen LogP contribution in [-0.4, -0.2) is 47.4 Å². The van der Waals surface area contributed by atoms with Gasteiger partial charge in [-0.05, 0) is 44.9 Å². The summed E-state index contributed by atoms with van der Waals surface area (Å²) in [6, 6.07) is -0.586. The maximum atomic E-state index is 12.5. The first-order valence-corrected chi connectivity index (χ1v) is 29.1. The van der Waals surface area contributed by atoms with Crippen LogP contribution in [0.15, 0.2) is 24.3 Å². The van der Waals surface area contributed by atoms with E-state index in [9.17, 15) is 19.8 Å². The van der Waals surface area contributed by atoms with Crippen molar-refractivity contribution in [2.24, 2.45) is 0 Å². The van der Waals surface area contributed by atoms with Gasteiger partial charge in [0.2, 0.25) is 5.91 Å². The number of rotatable bonds is 54. The number of hydrogen-bond donors (Lipinski definition) is 3. The van der Waals surface area contributed by atoms with Crippen LogP contribution in [0.2, 0.25) is 0 Å². The Morgan fingerprint density at radius 1 is 0.431 bits per heavy atom. The Morgan fingerprint density at radius 2 is 0.785 bits per heavy atom. The van der Waals surface area contributed by atoms with Crippen molar-refractivity contribution in [2.45, 2.75) is 328 Å². The van der Waals surface area contributed by atoms with Crippen LogP contribution in [0.5, 0.6) is 0 Å². The number of aliphatic hydroxyl groups excluding tert-OH is 2. The molecule has 3 N–H and O–H groups in total. The second-order valence-corrected chi connectivity index (χ2v) is 20.0. The summed E-state index contributed by atoms with van der Waals surface area (Å²) in [5.41, 5.74) is 0. The topological polar surface area (TPSA) is 95.9 Å². The molecular weight excluding hydrogens is 803 g/mol. The van der Waals surface area contributed by atoms with E-state index in [0.29, 0.717) is 32.3 Å². The van der Waals surface area contributed by atoms with E-state index in [1.807, 2.05) is 6.08 Å². The molecule has 0 radical (unpaired) electrons. The fraction of sp³-hybridized carbons (Fsp3) is 0.898. The van der Waals surface area contributed by atoms with Crippen LogP contribution in [0.4, 0.5) is 0 Å². The molecule has 384 valence electrons. The SMILES string of the molecule is CCCCCCCCCCCCCCCCCCCCCCCCCC(O)C(CO)NC(=O)CC/C=C\C/C=C\CCCCCCCCOC(=O)CCCCCCCCCCCCCC. The van der Waals surface area contributed by atoms with E-state index in [-0.39, 0.29) is 18.5 Å². The number of nitrogens with one attached hydrogen (secondary N) is 1. The lowest BCUT2D eigenvalue weighted by atomic mass is 10.0. The van der Waals surface area contributed by atoms with Crippen molar-refractivity contribution in [3.05, 3.63) is 24.3 Å². The average Bonchev–Trinajstić information content (AvgIpc) is 3.31. The van der Waals surface area contributed by atoms with Gasteiger partial charge in [-0.3, -0.25) is 9.59 Å². The van der Waals surface area contributed by atoms with Crippen LogP contribution in [0.3, 0.4) is 0 Å². The van der Waals surface area contributed by atoms with Crippen molar-refractivity contribution in [1.82, 2.24) is 5.32 Å². The maximum absolute atomic E-state index is 12.5. The molecule has 0 bridgehead atoms.